The number of carbonyl (C=O) groups excluding carboxylic acids is 1. The fourth-order valence-corrected chi connectivity index (χ4v) is 3.62. The maximum absolute atomic E-state index is 12.0. The van der Waals surface area contributed by atoms with Crippen molar-refractivity contribution in [3.8, 4) is 0 Å². The third-order valence-corrected chi connectivity index (χ3v) is 5.31. The number of carboxylic acid groups (broad SMARTS) is 1. The zero-order valence-corrected chi connectivity index (χ0v) is 13.8. The molecule has 2 rings (SSSR count). The average molecular weight is 340 g/mol. The molecule has 0 unspecified atom stereocenters. The van der Waals surface area contributed by atoms with E-state index in [2.05, 4.69) is 10.0 Å². The number of hydrogen-bond donors (Lipinski definition) is 3. The lowest BCUT2D eigenvalue weighted by Crippen LogP contribution is -2.46. The monoisotopic (exact) mass is 340 g/mol. The van der Waals surface area contributed by atoms with Crippen LogP contribution in [-0.2, 0) is 14.8 Å². The van der Waals surface area contributed by atoms with E-state index in [4.69, 9.17) is 5.11 Å². The molecule has 8 heteroatoms. The first-order chi connectivity index (χ1) is 10.7. The fourth-order valence-electron chi connectivity index (χ4n) is 2.37. The number of amides is 1. The zero-order valence-electron chi connectivity index (χ0n) is 12.9. The van der Waals surface area contributed by atoms with Gasteiger partial charge in [0, 0.05) is 17.6 Å². The van der Waals surface area contributed by atoms with Gasteiger partial charge in [-0.25, -0.2) is 13.1 Å². The molecular formula is C15H20N2O5S. The Hall–Kier alpha value is -1.93. The van der Waals surface area contributed by atoms with Crippen LogP contribution < -0.4 is 10.0 Å². The second kappa shape index (κ2) is 6.67. The molecule has 1 fully saturated rings. The van der Waals surface area contributed by atoms with Crippen molar-refractivity contribution in [1.29, 1.82) is 0 Å². The van der Waals surface area contributed by atoms with E-state index in [-0.39, 0.29) is 22.9 Å². The van der Waals surface area contributed by atoms with Gasteiger partial charge in [0.2, 0.25) is 10.0 Å². The van der Waals surface area contributed by atoms with Gasteiger partial charge in [-0.15, -0.1) is 0 Å². The lowest BCUT2D eigenvalue weighted by atomic mass is 9.80. The van der Waals surface area contributed by atoms with E-state index >= 15 is 0 Å². The molecule has 23 heavy (non-hydrogen) atoms. The number of hydrogen-bond acceptors (Lipinski definition) is 4. The van der Waals surface area contributed by atoms with Crippen LogP contribution in [0.3, 0.4) is 0 Å². The Bertz CT molecular complexity index is 691. The van der Waals surface area contributed by atoms with Gasteiger partial charge in [-0.05, 0) is 51.0 Å². The first kappa shape index (κ1) is 17.4. The molecule has 1 aromatic carbocycles. The third kappa shape index (κ3) is 4.29. The maximum Gasteiger partial charge on any atom is 0.306 e. The van der Waals surface area contributed by atoms with Crippen LogP contribution in [0.2, 0.25) is 0 Å². The second-order valence-electron chi connectivity index (χ2n) is 5.98. The van der Waals surface area contributed by atoms with E-state index in [1.165, 1.54) is 24.3 Å². The normalized spacial score (nSPS) is 20.8. The van der Waals surface area contributed by atoms with E-state index < -0.39 is 21.9 Å². The van der Waals surface area contributed by atoms with Crippen LogP contribution in [0.25, 0.3) is 0 Å². The molecule has 0 aliphatic heterocycles. The topological polar surface area (TPSA) is 113 Å². The standard InChI is InChI=1S/C15H20N2O5S/c1-9(2)17-23(21,22)13-5-3-10(4-6-13)14(18)16-12-7-11(8-12)15(19)20/h3-6,9,11-12,17H,7-8H2,1-2H3,(H,16,18)(H,19,20). The van der Waals surface area contributed by atoms with Gasteiger partial charge in [-0.3, -0.25) is 9.59 Å². The molecular weight excluding hydrogens is 320 g/mol. The summed E-state index contributed by atoms with van der Waals surface area (Å²) in [6.07, 6.45) is 0.845. The molecule has 0 atom stereocenters. The highest BCUT2D eigenvalue weighted by atomic mass is 32.2. The average Bonchev–Trinajstić information content (AvgIpc) is 2.40. The van der Waals surface area contributed by atoms with Gasteiger partial charge in [0.05, 0.1) is 10.8 Å². The molecule has 0 bridgehead atoms. The van der Waals surface area contributed by atoms with E-state index in [1.807, 2.05) is 0 Å². The molecule has 0 radical (unpaired) electrons. The summed E-state index contributed by atoms with van der Waals surface area (Å²) in [4.78, 5) is 22.8. The van der Waals surface area contributed by atoms with Crippen molar-refractivity contribution in [2.75, 3.05) is 0 Å². The summed E-state index contributed by atoms with van der Waals surface area (Å²) in [6, 6.07) is 5.27. The minimum atomic E-state index is -3.58. The van der Waals surface area contributed by atoms with Crippen LogP contribution in [0, 0.1) is 5.92 Å². The van der Waals surface area contributed by atoms with Crippen LogP contribution >= 0.6 is 0 Å². The largest absolute Gasteiger partial charge is 0.481 e. The minimum absolute atomic E-state index is 0.0948. The molecule has 1 aliphatic rings. The van der Waals surface area contributed by atoms with Crippen molar-refractivity contribution in [2.24, 2.45) is 5.92 Å². The van der Waals surface area contributed by atoms with Crippen LogP contribution in [0.4, 0.5) is 0 Å². The summed E-state index contributed by atoms with van der Waals surface area (Å²) in [7, 11) is -3.58. The Balaban J connectivity index is 1.97. The Labute approximate surface area is 135 Å². The van der Waals surface area contributed by atoms with Crippen molar-refractivity contribution >= 4 is 21.9 Å². The number of carbonyl (C=O) groups is 2. The highest BCUT2D eigenvalue weighted by molar-refractivity contribution is 7.89. The summed E-state index contributed by atoms with van der Waals surface area (Å²) in [6.45, 7) is 3.45. The van der Waals surface area contributed by atoms with E-state index in [0.29, 0.717) is 18.4 Å². The summed E-state index contributed by atoms with van der Waals surface area (Å²) in [5.74, 6) is -1.57. The van der Waals surface area contributed by atoms with Gasteiger partial charge in [-0.1, -0.05) is 0 Å². The number of nitrogens with one attached hydrogen (secondary N) is 2. The Kier molecular flexibility index (Phi) is 5.06. The summed E-state index contributed by atoms with van der Waals surface area (Å²) >= 11 is 0. The Morgan fingerprint density at radius 3 is 2.22 bits per heavy atom. The highest BCUT2D eigenvalue weighted by Crippen LogP contribution is 2.27. The lowest BCUT2D eigenvalue weighted by molar-refractivity contribution is -0.145. The van der Waals surface area contributed by atoms with Gasteiger partial charge in [0.25, 0.3) is 5.91 Å². The Morgan fingerprint density at radius 1 is 1.17 bits per heavy atom. The van der Waals surface area contributed by atoms with Crippen LogP contribution in [0.15, 0.2) is 29.2 Å². The number of benzene rings is 1. The maximum atomic E-state index is 12.0. The first-order valence-corrected chi connectivity index (χ1v) is 8.83. The molecule has 0 spiro atoms. The zero-order chi connectivity index (χ0) is 17.2. The highest BCUT2D eigenvalue weighted by Gasteiger charge is 2.35. The van der Waals surface area contributed by atoms with Crippen molar-refractivity contribution in [3.05, 3.63) is 29.8 Å². The van der Waals surface area contributed by atoms with Gasteiger partial charge >= 0.3 is 5.97 Å². The molecule has 3 N–H and O–H groups in total. The quantitative estimate of drug-likeness (QED) is 0.714. The fraction of sp³-hybridized carbons (Fsp3) is 0.467. The van der Waals surface area contributed by atoms with Crippen LogP contribution in [-0.4, -0.2) is 37.5 Å². The number of carboxylic acids is 1. The van der Waals surface area contributed by atoms with E-state index in [1.54, 1.807) is 13.8 Å². The molecule has 126 valence electrons. The van der Waals surface area contributed by atoms with Crippen molar-refractivity contribution in [2.45, 2.75) is 43.7 Å². The predicted molar refractivity (Wildman–Crippen MR) is 83.5 cm³/mol. The van der Waals surface area contributed by atoms with E-state index in [9.17, 15) is 18.0 Å². The van der Waals surface area contributed by atoms with E-state index in [0.717, 1.165) is 0 Å². The SMILES string of the molecule is CC(C)NS(=O)(=O)c1ccc(C(=O)NC2CC(C(=O)O)C2)cc1. The van der Waals surface area contributed by atoms with Gasteiger partial charge < -0.3 is 10.4 Å². The molecule has 1 saturated carbocycles. The summed E-state index contributed by atoms with van der Waals surface area (Å²) < 4.78 is 26.4. The summed E-state index contributed by atoms with van der Waals surface area (Å²) in [5.41, 5.74) is 0.340. The van der Waals surface area contributed by atoms with Crippen molar-refractivity contribution in [3.63, 3.8) is 0 Å². The molecule has 7 nitrogen and oxygen atoms in total. The van der Waals surface area contributed by atoms with Crippen molar-refractivity contribution in [1.82, 2.24) is 10.0 Å². The van der Waals surface area contributed by atoms with Gasteiger partial charge in [0.1, 0.15) is 0 Å². The Morgan fingerprint density at radius 2 is 1.74 bits per heavy atom. The van der Waals surface area contributed by atoms with Crippen molar-refractivity contribution < 1.29 is 23.1 Å². The summed E-state index contributed by atoms with van der Waals surface area (Å²) in [5, 5.41) is 11.5. The molecule has 1 aromatic rings. The molecule has 0 saturated heterocycles. The van der Waals surface area contributed by atoms with Gasteiger partial charge in [-0.2, -0.15) is 0 Å². The minimum Gasteiger partial charge on any atom is -0.481 e. The lowest BCUT2D eigenvalue weighted by Gasteiger charge is -2.32. The third-order valence-electron chi connectivity index (χ3n) is 3.64. The number of rotatable bonds is 6. The smallest absolute Gasteiger partial charge is 0.306 e. The van der Waals surface area contributed by atoms with Gasteiger partial charge in [0.15, 0.2) is 0 Å². The van der Waals surface area contributed by atoms with Crippen LogP contribution in [0.5, 0.6) is 0 Å². The predicted octanol–water partition coefficient (Wildman–Crippen LogP) is 0.966. The number of aliphatic carboxylic acids is 1. The molecule has 1 aliphatic carbocycles. The van der Waals surface area contributed by atoms with Crippen LogP contribution in [0.1, 0.15) is 37.0 Å². The second-order valence-corrected chi connectivity index (χ2v) is 7.69. The first-order valence-electron chi connectivity index (χ1n) is 7.35. The molecule has 0 aromatic heterocycles. The number of sulfonamides is 1. The molecule has 1 amide bonds. The molecule has 0 heterocycles.